The number of aryl methyl sites for hydroxylation is 1. The van der Waals surface area contributed by atoms with Gasteiger partial charge in [-0.25, -0.2) is 4.98 Å². The number of nitrogen functional groups attached to an aromatic ring is 1. The monoisotopic (exact) mass is 273 g/mol. The van der Waals surface area contributed by atoms with Crippen molar-refractivity contribution in [2.45, 2.75) is 33.1 Å². The topological polar surface area (TPSA) is 62.8 Å². The summed E-state index contributed by atoms with van der Waals surface area (Å²) in [7, 11) is 0. The van der Waals surface area contributed by atoms with Crippen LogP contribution in [-0.2, 0) is 5.41 Å². The SMILES string of the molecule is Cc1ccccc1-c1nc(C(C)(C)C)c(C(=N)N)s1. The molecule has 2 rings (SSSR count). The third-order valence-corrected chi connectivity index (χ3v) is 4.08. The van der Waals surface area contributed by atoms with E-state index < -0.39 is 0 Å². The first-order valence-electron chi connectivity index (χ1n) is 6.22. The van der Waals surface area contributed by atoms with Crippen LogP contribution in [0.1, 0.15) is 36.9 Å². The van der Waals surface area contributed by atoms with Gasteiger partial charge in [0.15, 0.2) is 0 Å². The lowest BCUT2D eigenvalue weighted by atomic mass is 9.91. The van der Waals surface area contributed by atoms with Gasteiger partial charge in [0.25, 0.3) is 0 Å². The number of aromatic nitrogens is 1. The number of hydrogen-bond acceptors (Lipinski definition) is 3. The Morgan fingerprint density at radius 3 is 2.37 bits per heavy atom. The summed E-state index contributed by atoms with van der Waals surface area (Å²) < 4.78 is 0. The lowest BCUT2D eigenvalue weighted by molar-refractivity contribution is 0.572. The smallest absolute Gasteiger partial charge is 0.135 e. The summed E-state index contributed by atoms with van der Waals surface area (Å²) in [5.74, 6) is 0.0993. The Morgan fingerprint density at radius 1 is 1.26 bits per heavy atom. The van der Waals surface area contributed by atoms with Crippen LogP contribution in [-0.4, -0.2) is 10.8 Å². The molecule has 19 heavy (non-hydrogen) atoms. The highest BCUT2D eigenvalue weighted by molar-refractivity contribution is 7.17. The normalized spacial score (nSPS) is 11.6. The molecule has 1 heterocycles. The van der Waals surface area contributed by atoms with Crippen molar-refractivity contribution >= 4 is 17.2 Å². The largest absolute Gasteiger partial charge is 0.383 e. The van der Waals surface area contributed by atoms with E-state index in [2.05, 4.69) is 39.8 Å². The van der Waals surface area contributed by atoms with Crippen molar-refractivity contribution in [3.8, 4) is 10.6 Å². The van der Waals surface area contributed by atoms with Gasteiger partial charge in [0, 0.05) is 11.0 Å². The summed E-state index contributed by atoms with van der Waals surface area (Å²) in [6, 6.07) is 8.16. The van der Waals surface area contributed by atoms with E-state index in [1.807, 2.05) is 12.1 Å². The van der Waals surface area contributed by atoms with E-state index in [4.69, 9.17) is 16.1 Å². The highest BCUT2D eigenvalue weighted by atomic mass is 32.1. The van der Waals surface area contributed by atoms with Crippen molar-refractivity contribution in [2.75, 3.05) is 0 Å². The standard InChI is InChI=1S/C15H19N3S/c1-9-7-5-6-8-10(9)14-18-12(15(2,3)4)11(19-14)13(16)17/h5-8H,1-4H3,(H3,16,17). The maximum atomic E-state index is 7.73. The predicted molar refractivity (Wildman–Crippen MR) is 82.0 cm³/mol. The van der Waals surface area contributed by atoms with Gasteiger partial charge < -0.3 is 5.73 Å². The molecule has 0 aliphatic heterocycles. The number of nitrogens with zero attached hydrogens (tertiary/aromatic N) is 1. The molecule has 100 valence electrons. The average molecular weight is 273 g/mol. The minimum atomic E-state index is -0.113. The molecule has 0 spiro atoms. The lowest BCUT2D eigenvalue weighted by Gasteiger charge is -2.16. The molecular weight excluding hydrogens is 254 g/mol. The summed E-state index contributed by atoms with van der Waals surface area (Å²) in [5.41, 5.74) is 8.79. The molecule has 0 atom stereocenters. The van der Waals surface area contributed by atoms with Crippen LogP contribution in [0.4, 0.5) is 0 Å². The molecule has 0 aliphatic carbocycles. The molecule has 0 unspecified atom stereocenters. The fraction of sp³-hybridized carbons (Fsp3) is 0.333. The van der Waals surface area contributed by atoms with E-state index in [0.717, 1.165) is 21.1 Å². The van der Waals surface area contributed by atoms with Crippen LogP contribution in [0, 0.1) is 12.3 Å². The second-order valence-electron chi connectivity index (χ2n) is 5.68. The van der Waals surface area contributed by atoms with Crippen LogP contribution < -0.4 is 5.73 Å². The van der Waals surface area contributed by atoms with Crippen molar-refractivity contribution in [3.63, 3.8) is 0 Å². The first-order chi connectivity index (χ1) is 8.80. The Morgan fingerprint density at radius 2 is 1.89 bits per heavy atom. The predicted octanol–water partition coefficient (Wildman–Crippen LogP) is 3.70. The van der Waals surface area contributed by atoms with E-state index in [1.165, 1.54) is 16.9 Å². The number of hydrogen-bond donors (Lipinski definition) is 2. The molecule has 0 amide bonds. The van der Waals surface area contributed by atoms with Gasteiger partial charge in [0.05, 0.1) is 10.6 Å². The Labute approximate surface area is 118 Å². The zero-order valence-corrected chi connectivity index (χ0v) is 12.6. The quantitative estimate of drug-likeness (QED) is 0.647. The molecule has 3 nitrogen and oxygen atoms in total. The molecule has 0 radical (unpaired) electrons. The Bertz CT molecular complexity index is 621. The molecule has 0 fully saturated rings. The molecule has 0 bridgehead atoms. The van der Waals surface area contributed by atoms with Gasteiger partial charge in [-0.3, -0.25) is 5.41 Å². The Hall–Kier alpha value is -1.68. The molecule has 3 N–H and O–H groups in total. The van der Waals surface area contributed by atoms with Gasteiger partial charge in [-0.2, -0.15) is 0 Å². The average Bonchev–Trinajstić information content (AvgIpc) is 2.74. The minimum absolute atomic E-state index is 0.0993. The summed E-state index contributed by atoms with van der Waals surface area (Å²) in [6.07, 6.45) is 0. The lowest BCUT2D eigenvalue weighted by Crippen LogP contribution is -2.19. The third kappa shape index (κ3) is 2.68. The number of rotatable bonds is 2. The van der Waals surface area contributed by atoms with Gasteiger partial charge in [-0.15, -0.1) is 11.3 Å². The van der Waals surface area contributed by atoms with Gasteiger partial charge in [0.1, 0.15) is 10.8 Å². The highest BCUT2D eigenvalue weighted by Gasteiger charge is 2.25. The molecule has 0 aliphatic rings. The second-order valence-corrected chi connectivity index (χ2v) is 6.67. The minimum Gasteiger partial charge on any atom is -0.383 e. The second kappa shape index (κ2) is 4.78. The molecule has 4 heteroatoms. The first-order valence-corrected chi connectivity index (χ1v) is 7.04. The zero-order chi connectivity index (χ0) is 14.2. The van der Waals surface area contributed by atoms with Crippen molar-refractivity contribution < 1.29 is 0 Å². The summed E-state index contributed by atoms with van der Waals surface area (Å²) in [4.78, 5) is 5.51. The Balaban J connectivity index is 2.62. The van der Waals surface area contributed by atoms with Crippen LogP contribution >= 0.6 is 11.3 Å². The van der Waals surface area contributed by atoms with Gasteiger partial charge >= 0.3 is 0 Å². The van der Waals surface area contributed by atoms with E-state index in [-0.39, 0.29) is 11.3 Å². The van der Waals surface area contributed by atoms with Crippen molar-refractivity contribution in [3.05, 3.63) is 40.4 Å². The van der Waals surface area contributed by atoms with Crippen molar-refractivity contribution in [1.29, 1.82) is 5.41 Å². The number of amidine groups is 1. The number of nitrogens with two attached hydrogens (primary N) is 1. The maximum Gasteiger partial charge on any atom is 0.135 e. The number of nitrogens with one attached hydrogen (secondary N) is 1. The fourth-order valence-corrected chi connectivity index (χ4v) is 3.17. The van der Waals surface area contributed by atoms with Gasteiger partial charge in [-0.1, -0.05) is 45.0 Å². The van der Waals surface area contributed by atoms with Crippen LogP contribution in [0.2, 0.25) is 0 Å². The first kappa shape index (κ1) is 13.7. The van der Waals surface area contributed by atoms with Crippen LogP contribution in [0.3, 0.4) is 0 Å². The molecule has 2 aromatic rings. The van der Waals surface area contributed by atoms with Gasteiger partial charge in [-0.05, 0) is 12.5 Å². The highest BCUT2D eigenvalue weighted by Crippen LogP contribution is 2.35. The van der Waals surface area contributed by atoms with Crippen molar-refractivity contribution in [2.24, 2.45) is 5.73 Å². The van der Waals surface area contributed by atoms with Crippen LogP contribution in [0.5, 0.6) is 0 Å². The summed E-state index contributed by atoms with van der Waals surface area (Å²) in [6.45, 7) is 8.35. The Kier molecular flexibility index (Phi) is 3.45. The molecular formula is C15H19N3S. The summed E-state index contributed by atoms with van der Waals surface area (Å²) >= 11 is 1.50. The van der Waals surface area contributed by atoms with Crippen molar-refractivity contribution in [1.82, 2.24) is 4.98 Å². The van der Waals surface area contributed by atoms with E-state index in [0.29, 0.717) is 0 Å². The van der Waals surface area contributed by atoms with E-state index in [9.17, 15) is 0 Å². The van der Waals surface area contributed by atoms with E-state index in [1.54, 1.807) is 0 Å². The molecule has 0 saturated heterocycles. The fourth-order valence-electron chi connectivity index (χ4n) is 1.94. The zero-order valence-electron chi connectivity index (χ0n) is 11.7. The molecule has 1 aromatic heterocycles. The van der Waals surface area contributed by atoms with E-state index >= 15 is 0 Å². The summed E-state index contributed by atoms with van der Waals surface area (Å²) in [5, 5.41) is 8.67. The third-order valence-electron chi connectivity index (χ3n) is 2.96. The van der Waals surface area contributed by atoms with Gasteiger partial charge in [0.2, 0.25) is 0 Å². The molecule has 1 aromatic carbocycles. The van der Waals surface area contributed by atoms with Crippen LogP contribution in [0.15, 0.2) is 24.3 Å². The molecule has 0 saturated carbocycles. The maximum absolute atomic E-state index is 7.73. The number of thiazole rings is 1. The van der Waals surface area contributed by atoms with Crippen LogP contribution in [0.25, 0.3) is 10.6 Å². The number of benzene rings is 1.